The molecule has 7 nitrogen and oxygen atoms in total. The summed E-state index contributed by atoms with van der Waals surface area (Å²) in [7, 11) is -3.64. The smallest absolute Gasteiger partial charge is 0.263 e. The summed E-state index contributed by atoms with van der Waals surface area (Å²) < 4.78 is 30.8. The van der Waals surface area contributed by atoms with Gasteiger partial charge in [0.25, 0.3) is 10.0 Å². The van der Waals surface area contributed by atoms with Crippen LogP contribution < -0.4 is 10.5 Å². The van der Waals surface area contributed by atoms with Crippen LogP contribution in [0.4, 0.5) is 11.5 Å². The van der Waals surface area contributed by atoms with E-state index in [9.17, 15) is 13.2 Å². The SMILES string of the molecule is CC(C)=O.Cc1cc(NS(=O)(=O)c2ccc(N)cc2)no1. The molecule has 0 amide bonds. The monoisotopic (exact) mass is 311 g/mol. The molecule has 0 fully saturated rings. The molecule has 1 aromatic carbocycles. The number of nitrogens with zero attached hydrogens (tertiary/aromatic N) is 1. The van der Waals surface area contributed by atoms with E-state index < -0.39 is 10.0 Å². The first-order valence-electron chi connectivity index (χ1n) is 5.99. The van der Waals surface area contributed by atoms with E-state index in [1.165, 1.54) is 44.2 Å². The molecule has 0 aliphatic rings. The van der Waals surface area contributed by atoms with Gasteiger partial charge in [-0.15, -0.1) is 0 Å². The summed E-state index contributed by atoms with van der Waals surface area (Å²) in [6, 6.07) is 7.37. The van der Waals surface area contributed by atoms with Crippen LogP contribution in [0.25, 0.3) is 0 Å². The summed E-state index contributed by atoms with van der Waals surface area (Å²) >= 11 is 0. The fourth-order valence-corrected chi connectivity index (χ4v) is 2.24. The number of carbonyl (C=O) groups is 1. The highest BCUT2D eigenvalue weighted by Crippen LogP contribution is 2.16. The van der Waals surface area contributed by atoms with Gasteiger partial charge in [-0.1, -0.05) is 5.16 Å². The minimum Gasteiger partial charge on any atom is -0.399 e. The summed E-state index contributed by atoms with van der Waals surface area (Å²) in [5.74, 6) is 0.847. The average molecular weight is 311 g/mol. The van der Waals surface area contributed by atoms with E-state index in [0.29, 0.717) is 11.4 Å². The van der Waals surface area contributed by atoms with Gasteiger partial charge in [-0.2, -0.15) is 0 Å². The molecule has 114 valence electrons. The number of nitrogens with one attached hydrogen (secondary N) is 1. The lowest BCUT2D eigenvalue weighted by Crippen LogP contribution is -2.13. The van der Waals surface area contributed by atoms with Gasteiger partial charge in [0.05, 0.1) is 4.90 Å². The molecule has 0 aliphatic carbocycles. The van der Waals surface area contributed by atoms with Crippen LogP contribution in [0.2, 0.25) is 0 Å². The third-order valence-electron chi connectivity index (χ3n) is 2.06. The lowest BCUT2D eigenvalue weighted by atomic mass is 10.3. The van der Waals surface area contributed by atoms with Gasteiger partial charge in [-0.05, 0) is 45.0 Å². The summed E-state index contributed by atoms with van der Waals surface area (Å²) in [5, 5.41) is 3.55. The second-order valence-corrected chi connectivity index (χ2v) is 6.09. The zero-order valence-corrected chi connectivity index (χ0v) is 12.8. The van der Waals surface area contributed by atoms with Crippen molar-refractivity contribution in [2.45, 2.75) is 25.7 Å². The van der Waals surface area contributed by atoms with Crippen molar-refractivity contribution >= 4 is 27.3 Å². The van der Waals surface area contributed by atoms with Crippen molar-refractivity contribution in [2.24, 2.45) is 0 Å². The van der Waals surface area contributed by atoms with Gasteiger partial charge in [-0.25, -0.2) is 8.42 Å². The number of hydrogen-bond acceptors (Lipinski definition) is 6. The van der Waals surface area contributed by atoms with E-state index in [1.807, 2.05) is 0 Å². The normalized spacial score (nSPS) is 10.4. The van der Waals surface area contributed by atoms with Crippen LogP contribution in [-0.2, 0) is 14.8 Å². The largest absolute Gasteiger partial charge is 0.399 e. The van der Waals surface area contributed by atoms with Crippen LogP contribution in [0.1, 0.15) is 19.6 Å². The molecular weight excluding hydrogens is 294 g/mol. The predicted octanol–water partition coefficient (Wildman–Crippen LogP) is 1.96. The Kier molecular flexibility index (Phi) is 5.48. The standard InChI is InChI=1S/C10H11N3O3S.C3H6O/c1-7-6-10(12-16-7)13-17(14,15)9-4-2-8(11)3-5-9;1-3(2)4/h2-6H,11H2,1H3,(H,12,13);1-2H3. The first kappa shape index (κ1) is 16.7. The lowest BCUT2D eigenvalue weighted by molar-refractivity contribution is -0.114. The third-order valence-corrected chi connectivity index (χ3v) is 3.43. The maximum Gasteiger partial charge on any atom is 0.263 e. The molecule has 1 heterocycles. The molecule has 0 aliphatic heterocycles. The first-order chi connectivity index (χ1) is 9.70. The number of ketones is 1. The summed E-state index contributed by atoms with van der Waals surface area (Å²) in [6.07, 6.45) is 0. The number of aryl methyl sites for hydroxylation is 1. The van der Waals surface area contributed by atoms with Gasteiger partial charge < -0.3 is 15.1 Å². The van der Waals surface area contributed by atoms with Crippen molar-refractivity contribution in [1.29, 1.82) is 0 Å². The molecule has 0 saturated heterocycles. The summed E-state index contributed by atoms with van der Waals surface area (Å²) in [5.41, 5.74) is 5.98. The number of aromatic nitrogens is 1. The number of benzene rings is 1. The lowest BCUT2D eigenvalue weighted by Gasteiger charge is -2.04. The van der Waals surface area contributed by atoms with E-state index in [1.54, 1.807) is 6.92 Å². The second kappa shape index (κ2) is 6.89. The van der Waals surface area contributed by atoms with Crippen molar-refractivity contribution in [3.05, 3.63) is 36.1 Å². The number of nitrogen functional groups attached to an aromatic ring is 1. The minimum atomic E-state index is -3.64. The van der Waals surface area contributed by atoms with Crippen molar-refractivity contribution in [3.8, 4) is 0 Å². The number of rotatable bonds is 3. The fourth-order valence-electron chi connectivity index (χ4n) is 1.26. The van der Waals surface area contributed by atoms with Crippen molar-refractivity contribution in [1.82, 2.24) is 5.16 Å². The summed E-state index contributed by atoms with van der Waals surface area (Å²) in [6.45, 7) is 4.73. The molecule has 1 aromatic heterocycles. The van der Waals surface area contributed by atoms with E-state index >= 15 is 0 Å². The number of nitrogens with two attached hydrogens (primary N) is 1. The highest BCUT2D eigenvalue weighted by molar-refractivity contribution is 7.92. The Labute approximate surface area is 123 Å². The zero-order valence-electron chi connectivity index (χ0n) is 12.0. The highest BCUT2D eigenvalue weighted by atomic mass is 32.2. The van der Waals surface area contributed by atoms with Gasteiger partial charge in [0, 0.05) is 11.8 Å². The van der Waals surface area contributed by atoms with Crippen LogP contribution in [0.3, 0.4) is 0 Å². The molecule has 21 heavy (non-hydrogen) atoms. The van der Waals surface area contributed by atoms with E-state index in [4.69, 9.17) is 10.3 Å². The van der Waals surface area contributed by atoms with Crippen molar-refractivity contribution in [3.63, 3.8) is 0 Å². The Hall–Kier alpha value is -2.35. The molecule has 8 heteroatoms. The van der Waals surface area contributed by atoms with Gasteiger partial charge in [0.2, 0.25) is 0 Å². The molecule has 0 radical (unpaired) electrons. The molecule has 2 rings (SSSR count). The topological polar surface area (TPSA) is 115 Å². The maximum absolute atomic E-state index is 11.9. The van der Waals surface area contributed by atoms with Crippen LogP contribution >= 0.6 is 0 Å². The number of sulfonamides is 1. The van der Waals surface area contributed by atoms with E-state index in [-0.39, 0.29) is 16.5 Å². The average Bonchev–Trinajstić information content (AvgIpc) is 2.73. The van der Waals surface area contributed by atoms with E-state index in [2.05, 4.69) is 9.88 Å². The Balaban J connectivity index is 0.000000491. The number of Topliss-reactive ketones (excluding diaryl/α,β-unsaturated/α-hetero) is 1. The van der Waals surface area contributed by atoms with Crippen LogP contribution in [0.15, 0.2) is 39.8 Å². The minimum absolute atomic E-state index is 0.118. The Morgan fingerprint density at radius 2 is 1.76 bits per heavy atom. The molecule has 0 unspecified atom stereocenters. The van der Waals surface area contributed by atoms with Gasteiger partial charge in [-0.3, -0.25) is 4.72 Å². The Morgan fingerprint density at radius 1 is 1.24 bits per heavy atom. The molecule has 0 saturated carbocycles. The molecule has 0 atom stereocenters. The second-order valence-electron chi connectivity index (χ2n) is 4.41. The molecule has 0 bridgehead atoms. The van der Waals surface area contributed by atoms with Crippen LogP contribution in [0.5, 0.6) is 0 Å². The van der Waals surface area contributed by atoms with Crippen LogP contribution in [-0.4, -0.2) is 19.4 Å². The molecule has 0 spiro atoms. The number of carbonyl (C=O) groups excluding carboxylic acids is 1. The Morgan fingerprint density at radius 3 is 2.19 bits per heavy atom. The summed E-state index contributed by atoms with van der Waals surface area (Å²) in [4.78, 5) is 9.56. The van der Waals surface area contributed by atoms with Crippen molar-refractivity contribution in [2.75, 3.05) is 10.5 Å². The van der Waals surface area contributed by atoms with Gasteiger partial charge in [0.15, 0.2) is 5.82 Å². The zero-order chi connectivity index (χ0) is 16.0. The number of anilines is 2. The van der Waals surface area contributed by atoms with Gasteiger partial charge in [0.1, 0.15) is 11.5 Å². The fraction of sp³-hybridized carbons (Fsp3) is 0.231. The third kappa shape index (κ3) is 5.65. The van der Waals surface area contributed by atoms with Crippen LogP contribution in [0, 0.1) is 6.92 Å². The highest BCUT2D eigenvalue weighted by Gasteiger charge is 2.15. The van der Waals surface area contributed by atoms with Crippen molar-refractivity contribution < 1.29 is 17.7 Å². The predicted molar refractivity (Wildman–Crippen MR) is 79.3 cm³/mol. The maximum atomic E-state index is 11.9. The Bertz CT molecular complexity index is 701. The molecule has 2 aromatic rings. The van der Waals surface area contributed by atoms with Gasteiger partial charge >= 0.3 is 0 Å². The van der Waals surface area contributed by atoms with E-state index in [0.717, 1.165) is 0 Å². The first-order valence-corrected chi connectivity index (χ1v) is 7.48. The molecule has 3 N–H and O–H groups in total. The molecular formula is C13H17N3O4S. The quantitative estimate of drug-likeness (QED) is 0.837. The number of hydrogen-bond donors (Lipinski definition) is 2.